The van der Waals surface area contributed by atoms with Crippen molar-refractivity contribution < 1.29 is 4.74 Å². The maximum absolute atomic E-state index is 5.34. The van der Waals surface area contributed by atoms with Gasteiger partial charge in [-0.25, -0.2) is 0 Å². The van der Waals surface area contributed by atoms with Crippen LogP contribution >= 0.6 is 0 Å². The van der Waals surface area contributed by atoms with Gasteiger partial charge >= 0.3 is 0 Å². The molecule has 0 aliphatic rings. The lowest BCUT2D eigenvalue weighted by atomic mass is 9.92. The zero-order valence-corrected chi connectivity index (χ0v) is 10.3. The molecule has 0 bridgehead atoms. The number of unbranched alkanes of at least 4 members (excludes halogenated alkanes) is 1. The molecule has 0 aliphatic carbocycles. The van der Waals surface area contributed by atoms with Gasteiger partial charge in [-0.3, -0.25) is 0 Å². The Balaban J connectivity index is 2.83. The van der Waals surface area contributed by atoms with Crippen LogP contribution in [0.2, 0.25) is 0 Å². The summed E-state index contributed by atoms with van der Waals surface area (Å²) in [6.45, 7) is 6.69. The standard InChI is InChI=1S/C14H22O/c1-5-6-8-11(2)13-9-7-10-14(15-4)12(13)3/h7,9-11H,5-6,8H2,1-4H3/t11-/m0/s1. The number of hydrogen-bond acceptors (Lipinski definition) is 1. The summed E-state index contributed by atoms with van der Waals surface area (Å²) in [5.41, 5.74) is 2.73. The van der Waals surface area contributed by atoms with Crippen molar-refractivity contribution in [1.29, 1.82) is 0 Å². The fourth-order valence-electron chi connectivity index (χ4n) is 2.05. The summed E-state index contributed by atoms with van der Waals surface area (Å²) >= 11 is 0. The van der Waals surface area contributed by atoms with Gasteiger partial charge in [0.05, 0.1) is 7.11 Å². The summed E-state index contributed by atoms with van der Waals surface area (Å²) in [6, 6.07) is 6.34. The third-order valence-electron chi connectivity index (χ3n) is 3.07. The number of rotatable bonds is 5. The van der Waals surface area contributed by atoms with E-state index < -0.39 is 0 Å². The molecule has 0 fully saturated rings. The van der Waals surface area contributed by atoms with E-state index in [0.717, 1.165) is 5.75 Å². The van der Waals surface area contributed by atoms with E-state index >= 15 is 0 Å². The van der Waals surface area contributed by atoms with Crippen LogP contribution in [0.5, 0.6) is 5.75 Å². The molecule has 0 unspecified atom stereocenters. The summed E-state index contributed by atoms with van der Waals surface area (Å²) in [5.74, 6) is 1.65. The molecule has 1 atom stereocenters. The van der Waals surface area contributed by atoms with E-state index in [9.17, 15) is 0 Å². The molecule has 0 radical (unpaired) electrons. The lowest BCUT2D eigenvalue weighted by Gasteiger charge is -2.16. The predicted molar refractivity (Wildman–Crippen MR) is 65.7 cm³/mol. The van der Waals surface area contributed by atoms with Gasteiger partial charge in [0.2, 0.25) is 0 Å². The molecule has 0 N–H and O–H groups in total. The second-order valence-electron chi connectivity index (χ2n) is 4.22. The molecule has 0 aliphatic heterocycles. The van der Waals surface area contributed by atoms with Crippen molar-refractivity contribution in [3.63, 3.8) is 0 Å². The Bertz CT molecular complexity index is 304. The highest BCUT2D eigenvalue weighted by Crippen LogP contribution is 2.29. The Labute approximate surface area is 93.5 Å². The first kappa shape index (κ1) is 12.1. The molecule has 15 heavy (non-hydrogen) atoms. The average molecular weight is 206 g/mol. The summed E-state index contributed by atoms with van der Waals surface area (Å²) in [7, 11) is 1.74. The van der Waals surface area contributed by atoms with Gasteiger partial charge in [-0.05, 0) is 36.5 Å². The summed E-state index contributed by atoms with van der Waals surface area (Å²) in [5, 5.41) is 0. The van der Waals surface area contributed by atoms with Crippen molar-refractivity contribution in [3.8, 4) is 5.75 Å². The van der Waals surface area contributed by atoms with Crippen molar-refractivity contribution in [3.05, 3.63) is 29.3 Å². The molecule has 0 aromatic heterocycles. The normalized spacial score (nSPS) is 12.5. The molecule has 0 saturated carbocycles. The fraction of sp³-hybridized carbons (Fsp3) is 0.571. The molecule has 1 heteroatoms. The first-order valence-electron chi connectivity index (χ1n) is 5.84. The molecule has 0 saturated heterocycles. The monoisotopic (exact) mass is 206 g/mol. The van der Waals surface area contributed by atoms with E-state index in [1.165, 1.54) is 30.4 Å². The average Bonchev–Trinajstić information content (AvgIpc) is 2.26. The van der Waals surface area contributed by atoms with E-state index in [-0.39, 0.29) is 0 Å². The van der Waals surface area contributed by atoms with Gasteiger partial charge in [0, 0.05) is 0 Å². The number of ether oxygens (including phenoxy) is 1. The van der Waals surface area contributed by atoms with Gasteiger partial charge in [-0.15, -0.1) is 0 Å². The molecule has 0 heterocycles. The van der Waals surface area contributed by atoms with Crippen LogP contribution in [0.15, 0.2) is 18.2 Å². The predicted octanol–water partition coefficient (Wildman–Crippen LogP) is 4.30. The van der Waals surface area contributed by atoms with Crippen molar-refractivity contribution in [1.82, 2.24) is 0 Å². The van der Waals surface area contributed by atoms with Crippen LogP contribution in [0, 0.1) is 6.92 Å². The molecule has 1 aromatic carbocycles. The van der Waals surface area contributed by atoms with Gasteiger partial charge in [-0.2, -0.15) is 0 Å². The Morgan fingerprint density at radius 1 is 1.33 bits per heavy atom. The van der Waals surface area contributed by atoms with Crippen molar-refractivity contribution in [2.75, 3.05) is 7.11 Å². The third kappa shape index (κ3) is 2.98. The van der Waals surface area contributed by atoms with Gasteiger partial charge in [0.1, 0.15) is 5.75 Å². The van der Waals surface area contributed by atoms with Crippen molar-refractivity contribution in [2.45, 2.75) is 46.0 Å². The third-order valence-corrected chi connectivity index (χ3v) is 3.07. The minimum Gasteiger partial charge on any atom is -0.496 e. The van der Waals surface area contributed by atoms with Gasteiger partial charge < -0.3 is 4.74 Å². The second kappa shape index (κ2) is 5.79. The number of benzene rings is 1. The smallest absolute Gasteiger partial charge is 0.122 e. The minimum absolute atomic E-state index is 0.639. The molecular formula is C14H22O. The van der Waals surface area contributed by atoms with Crippen LogP contribution in [0.3, 0.4) is 0 Å². The van der Waals surface area contributed by atoms with Crippen molar-refractivity contribution in [2.24, 2.45) is 0 Å². The number of methoxy groups -OCH3 is 1. The largest absolute Gasteiger partial charge is 0.496 e. The summed E-state index contributed by atoms with van der Waals surface area (Å²) in [6.07, 6.45) is 3.84. The summed E-state index contributed by atoms with van der Waals surface area (Å²) < 4.78 is 5.34. The van der Waals surface area contributed by atoms with Gasteiger partial charge in [0.25, 0.3) is 0 Å². The van der Waals surface area contributed by atoms with E-state index in [1.54, 1.807) is 7.11 Å². The molecule has 1 nitrogen and oxygen atoms in total. The van der Waals surface area contributed by atoms with E-state index in [4.69, 9.17) is 4.74 Å². The molecule has 0 spiro atoms. The number of hydrogen-bond donors (Lipinski definition) is 0. The minimum atomic E-state index is 0.639. The fourth-order valence-corrected chi connectivity index (χ4v) is 2.05. The Hall–Kier alpha value is -0.980. The van der Waals surface area contributed by atoms with Crippen LogP contribution in [-0.4, -0.2) is 7.11 Å². The van der Waals surface area contributed by atoms with Gasteiger partial charge in [-0.1, -0.05) is 38.8 Å². The Morgan fingerprint density at radius 2 is 2.07 bits per heavy atom. The maximum Gasteiger partial charge on any atom is 0.122 e. The molecule has 1 aromatic rings. The lowest BCUT2D eigenvalue weighted by molar-refractivity contribution is 0.410. The van der Waals surface area contributed by atoms with Gasteiger partial charge in [0.15, 0.2) is 0 Å². The lowest BCUT2D eigenvalue weighted by Crippen LogP contribution is -1.98. The molecule has 1 rings (SSSR count). The zero-order valence-electron chi connectivity index (χ0n) is 10.3. The second-order valence-corrected chi connectivity index (χ2v) is 4.22. The van der Waals surface area contributed by atoms with Crippen LogP contribution in [-0.2, 0) is 0 Å². The molecule has 84 valence electrons. The first-order valence-corrected chi connectivity index (χ1v) is 5.84. The topological polar surface area (TPSA) is 9.23 Å². The highest BCUT2D eigenvalue weighted by atomic mass is 16.5. The van der Waals surface area contributed by atoms with Crippen LogP contribution in [0.1, 0.15) is 50.2 Å². The van der Waals surface area contributed by atoms with Crippen molar-refractivity contribution >= 4 is 0 Å². The van der Waals surface area contributed by atoms with E-state index in [0.29, 0.717) is 5.92 Å². The Morgan fingerprint density at radius 3 is 2.67 bits per heavy atom. The van der Waals surface area contributed by atoms with E-state index in [1.807, 2.05) is 6.07 Å². The van der Waals surface area contributed by atoms with Crippen LogP contribution < -0.4 is 4.74 Å². The van der Waals surface area contributed by atoms with Crippen LogP contribution in [0.4, 0.5) is 0 Å². The quantitative estimate of drug-likeness (QED) is 0.698. The molecule has 0 amide bonds. The van der Waals surface area contributed by atoms with Crippen LogP contribution in [0.25, 0.3) is 0 Å². The highest BCUT2D eigenvalue weighted by Gasteiger charge is 2.10. The maximum atomic E-state index is 5.34. The first-order chi connectivity index (χ1) is 7.20. The Kier molecular flexibility index (Phi) is 4.67. The van der Waals surface area contributed by atoms with E-state index in [2.05, 4.69) is 32.9 Å². The SMILES string of the molecule is CCCC[C@H](C)c1cccc(OC)c1C. The summed E-state index contributed by atoms with van der Waals surface area (Å²) in [4.78, 5) is 0. The highest BCUT2D eigenvalue weighted by molar-refractivity contribution is 5.40. The molecular weight excluding hydrogens is 184 g/mol. The zero-order chi connectivity index (χ0) is 11.3.